The zero-order valence-corrected chi connectivity index (χ0v) is 10.4. The van der Waals surface area contributed by atoms with Crippen LogP contribution in [0.1, 0.15) is 18.9 Å². The Kier molecular flexibility index (Phi) is 6.29. The number of rotatable bonds is 7. The minimum atomic E-state index is -2.80. The lowest BCUT2D eigenvalue weighted by Gasteiger charge is -2.13. The minimum absolute atomic E-state index is 0.142. The number of thioether (sulfide) groups is 1. The largest absolute Gasteiger partial charge is 0.435 e. The fourth-order valence-electron chi connectivity index (χ4n) is 1.33. The van der Waals surface area contributed by atoms with Crippen LogP contribution < -0.4 is 4.74 Å². The van der Waals surface area contributed by atoms with Gasteiger partial charge in [0.2, 0.25) is 0 Å². The van der Waals surface area contributed by atoms with Gasteiger partial charge in [-0.05, 0) is 12.5 Å². The van der Waals surface area contributed by atoms with Gasteiger partial charge in [-0.15, -0.1) is 0 Å². The van der Waals surface area contributed by atoms with Crippen LogP contribution in [0.4, 0.5) is 8.78 Å². The zero-order chi connectivity index (χ0) is 12.7. The molecular weight excluding hydrogens is 246 g/mol. The summed E-state index contributed by atoms with van der Waals surface area (Å²) >= 11 is 1.61. The smallest absolute Gasteiger partial charge is 0.387 e. The number of aliphatic hydroxyl groups excluding tert-OH is 1. The van der Waals surface area contributed by atoms with Crippen molar-refractivity contribution in [2.24, 2.45) is 0 Å². The van der Waals surface area contributed by atoms with E-state index in [0.29, 0.717) is 17.4 Å². The van der Waals surface area contributed by atoms with E-state index in [1.807, 2.05) is 6.92 Å². The highest BCUT2D eigenvalue weighted by Gasteiger charge is 2.10. The van der Waals surface area contributed by atoms with Gasteiger partial charge < -0.3 is 9.84 Å². The first-order chi connectivity index (χ1) is 8.13. The molecule has 0 amide bonds. The summed E-state index contributed by atoms with van der Waals surface area (Å²) in [4.78, 5) is 0. The summed E-state index contributed by atoms with van der Waals surface area (Å²) in [5.41, 5.74) is 0.752. The van der Waals surface area contributed by atoms with Gasteiger partial charge in [0.05, 0.1) is 0 Å². The van der Waals surface area contributed by atoms with Gasteiger partial charge in [-0.25, -0.2) is 0 Å². The Morgan fingerprint density at radius 1 is 1.35 bits per heavy atom. The normalized spacial score (nSPS) is 12.8. The molecule has 0 aliphatic rings. The summed E-state index contributed by atoms with van der Waals surface area (Å²) in [5.74, 6) is 0.829. The highest BCUT2D eigenvalue weighted by Crippen LogP contribution is 2.27. The fourth-order valence-corrected chi connectivity index (χ4v) is 2.31. The number of para-hydroxylation sites is 1. The molecule has 0 aliphatic heterocycles. The number of aliphatic hydroxyl groups is 1. The Bertz CT molecular complexity index is 334. The number of halogens is 2. The minimum Gasteiger partial charge on any atom is -0.435 e. The maximum Gasteiger partial charge on any atom is 0.387 e. The lowest BCUT2D eigenvalue weighted by Crippen LogP contribution is -2.05. The molecule has 96 valence electrons. The first-order valence-corrected chi connectivity index (χ1v) is 6.43. The van der Waals surface area contributed by atoms with Gasteiger partial charge in [0.25, 0.3) is 0 Å². The number of benzene rings is 1. The number of hydrogen-bond acceptors (Lipinski definition) is 3. The van der Waals surface area contributed by atoms with Crippen LogP contribution in [-0.4, -0.2) is 23.6 Å². The van der Waals surface area contributed by atoms with E-state index in [1.54, 1.807) is 36.0 Å². The van der Waals surface area contributed by atoms with Gasteiger partial charge in [0.1, 0.15) is 5.75 Å². The summed E-state index contributed by atoms with van der Waals surface area (Å²) in [6, 6.07) is 6.78. The maximum atomic E-state index is 12.2. The van der Waals surface area contributed by atoms with Crippen molar-refractivity contribution >= 4 is 11.8 Å². The van der Waals surface area contributed by atoms with Crippen LogP contribution >= 0.6 is 11.8 Å². The zero-order valence-electron chi connectivity index (χ0n) is 9.61. The molecular formula is C12H16F2O2S. The molecule has 1 rings (SSSR count). The molecule has 1 unspecified atom stereocenters. The SMILES string of the molecule is CC(CCO)SCc1ccccc1OC(F)F. The molecule has 0 radical (unpaired) electrons. The maximum absolute atomic E-state index is 12.2. The van der Waals surface area contributed by atoms with Crippen LogP contribution in [-0.2, 0) is 5.75 Å². The molecule has 0 aliphatic carbocycles. The highest BCUT2D eigenvalue weighted by molar-refractivity contribution is 7.99. The van der Waals surface area contributed by atoms with Gasteiger partial charge in [-0.1, -0.05) is 25.1 Å². The number of alkyl halides is 2. The molecule has 0 spiro atoms. The molecule has 0 saturated heterocycles. The van der Waals surface area contributed by atoms with E-state index in [-0.39, 0.29) is 12.4 Å². The second kappa shape index (κ2) is 7.50. The van der Waals surface area contributed by atoms with Gasteiger partial charge >= 0.3 is 6.61 Å². The van der Waals surface area contributed by atoms with Crippen molar-refractivity contribution in [3.05, 3.63) is 29.8 Å². The van der Waals surface area contributed by atoms with Gasteiger partial charge in [0.15, 0.2) is 0 Å². The Balaban J connectivity index is 2.57. The Hall–Kier alpha value is -0.810. The molecule has 1 atom stereocenters. The topological polar surface area (TPSA) is 29.5 Å². The van der Waals surface area contributed by atoms with E-state index in [2.05, 4.69) is 4.74 Å². The molecule has 1 aromatic rings. The van der Waals surface area contributed by atoms with Gasteiger partial charge in [-0.2, -0.15) is 20.5 Å². The van der Waals surface area contributed by atoms with Crippen molar-refractivity contribution < 1.29 is 18.6 Å². The van der Waals surface area contributed by atoms with Gasteiger partial charge in [-0.3, -0.25) is 0 Å². The van der Waals surface area contributed by atoms with Gasteiger partial charge in [0, 0.05) is 23.2 Å². The molecule has 0 bridgehead atoms. The van der Waals surface area contributed by atoms with E-state index in [4.69, 9.17) is 5.11 Å². The van der Waals surface area contributed by atoms with Crippen molar-refractivity contribution in [1.29, 1.82) is 0 Å². The van der Waals surface area contributed by atoms with E-state index in [0.717, 1.165) is 5.56 Å². The lowest BCUT2D eigenvalue weighted by atomic mass is 10.2. The third kappa shape index (κ3) is 5.37. The fraction of sp³-hybridized carbons (Fsp3) is 0.500. The van der Waals surface area contributed by atoms with Crippen molar-refractivity contribution in [2.45, 2.75) is 31.0 Å². The van der Waals surface area contributed by atoms with E-state index in [9.17, 15) is 8.78 Å². The Morgan fingerprint density at radius 3 is 2.71 bits per heavy atom. The summed E-state index contributed by atoms with van der Waals surface area (Å²) in [5, 5.41) is 9.06. The standard InChI is InChI=1S/C12H16F2O2S/c1-9(6-7-15)17-8-10-4-2-3-5-11(10)16-12(13)14/h2-5,9,12,15H,6-8H2,1H3. The predicted octanol–water partition coefficient (Wildman–Crippen LogP) is 3.29. The molecule has 17 heavy (non-hydrogen) atoms. The summed E-state index contributed by atoms with van der Waals surface area (Å²) in [6.45, 7) is -0.656. The molecule has 0 heterocycles. The third-order valence-corrected chi connectivity index (χ3v) is 3.53. The van der Waals surface area contributed by atoms with Crippen LogP contribution in [0.15, 0.2) is 24.3 Å². The summed E-state index contributed by atoms with van der Waals surface area (Å²) in [6.07, 6.45) is 0.697. The van der Waals surface area contributed by atoms with Crippen molar-refractivity contribution in [3.8, 4) is 5.75 Å². The summed E-state index contributed by atoms with van der Waals surface area (Å²) in [7, 11) is 0. The van der Waals surface area contributed by atoms with Crippen LogP contribution in [0.3, 0.4) is 0 Å². The second-order valence-corrected chi connectivity index (χ2v) is 5.05. The van der Waals surface area contributed by atoms with Crippen molar-refractivity contribution in [2.75, 3.05) is 6.61 Å². The first-order valence-electron chi connectivity index (χ1n) is 5.38. The second-order valence-electron chi connectivity index (χ2n) is 3.62. The number of hydrogen-bond donors (Lipinski definition) is 1. The van der Waals surface area contributed by atoms with E-state index in [1.165, 1.54) is 0 Å². The monoisotopic (exact) mass is 262 g/mol. The van der Waals surface area contributed by atoms with Crippen LogP contribution in [0.25, 0.3) is 0 Å². The van der Waals surface area contributed by atoms with E-state index >= 15 is 0 Å². The van der Waals surface area contributed by atoms with Crippen LogP contribution in [0.5, 0.6) is 5.75 Å². The van der Waals surface area contributed by atoms with Crippen molar-refractivity contribution in [1.82, 2.24) is 0 Å². The molecule has 0 fully saturated rings. The van der Waals surface area contributed by atoms with Crippen LogP contribution in [0, 0.1) is 0 Å². The molecule has 1 aromatic carbocycles. The Morgan fingerprint density at radius 2 is 2.06 bits per heavy atom. The number of ether oxygens (including phenoxy) is 1. The average molecular weight is 262 g/mol. The van der Waals surface area contributed by atoms with Crippen molar-refractivity contribution in [3.63, 3.8) is 0 Å². The molecule has 0 aromatic heterocycles. The van der Waals surface area contributed by atoms with E-state index < -0.39 is 6.61 Å². The molecule has 0 saturated carbocycles. The molecule has 5 heteroatoms. The molecule has 1 N–H and O–H groups in total. The predicted molar refractivity (Wildman–Crippen MR) is 65.5 cm³/mol. The third-order valence-electron chi connectivity index (χ3n) is 2.25. The molecule has 2 nitrogen and oxygen atoms in total. The first kappa shape index (κ1) is 14.3. The Labute approximate surface area is 104 Å². The van der Waals surface area contributed by atoms with Crippen LogP contribution in [0.2, 0.25) is 0 Å². The summed E-state index contributed by atoms with van der Waals surface area (Å²) < 4.78 is 28.8. The average Bonchev–Trinajstić information content (AvgIpc) is 2.27. The highest BCUT2D eigenvalue weighted by atomic mass is 32.2. The lowest BCUT2D eigenvalue weighted by molar-refractivity contribution is -0.0503. The quantitative estimate of drug-likeness (QED) is 0.817.